The van der Waals surface area contributed by atoms with Crippen LogP contribution >= 0.6 is 11.8 Å². The number of benzene rings is 1. The smallest absolute Gasteiger partial charge is 0.230 e. The summed E-state index contributed by atoms with van der Waals surface area (Å²) >= 11 is 1.43. The van der Waals surface area contributed by atoms with Gasteiger partial charge in [-0.25, -0.2) is 0 Å². The van der Waals surface area contributed by atoms with Gasteiger partial charge in [0, 0.05) is 18.2 Å². The van der Waals surface area contributed by atoms with Crippen LogP contribution in [0.4, 0.5) is 0 Å². The summed E-state index contributed by atoms with van der Waals surface area (Å²) in [6.07, 6.45) is 7.73. The minimum absolute atomic E-state index is 0.0753. The van der Waals surface area contributed by atoms with Crippen molar-refractivity contribution in [3.8, 4) is 11.4 Å². The van der Waals surface area contributed by atoms with Crippen LogP contribution in [0.15, 0.2) is 48.1 Å². The summed E-state index contributed by atoms with van der Waals surface area (Å²) in [5.74, 6) is 1.24. The first-order valence-corrected chi connectivity index (χ1v) is 9.78. The Morgan fingerprint density at radius 1 is 1.24 bits per heavy atom. The van der Waals surface area contributed by atoms with Crippen molar-refractivity contribution in [1.82, 2.24) is 20.1 Å². The van der Waals surface area contributed by atoms with Gasteiger partial charge in [0.1, 0.15) is 0 Å². The van der Waals surface area contributed by atoms with E-state index >= 15 is 0 Å². The summed E-state index contributed by atoms with van der Waals surface area (Å²) in [7, 11) is 0. The summed E-state index contributed by atoms with van der Waals surface area (Å²) in [4.78, 5) is 12.2. The molecule has 0 unspecified atom stereocenters. The second-order valence-corrected chi connectivity index (χ2v) is 7.21. The third-order valence-electron chi connectivity index (χ3n) is 4.36. The molecule has 0 aliphatic heterocycles. The largest absolute Gasteiger partial charge is 0.353 e. The van der Waals surface area contributed by atoms with E-state index in [9.17, 15) is 4.79 Å². The van der Waals surface area contributed by atoms with E-state index in [4.69, 9.17) is 0 Å². The zero-order chi connectivity index (χ0) is 17.5. The predicted molar refractivity (Wildman–Crippen MR) is 101 cm³/mol. The number of allylic oxidation sites excluding steroid dienone is 1. The highest BCUT2D eigenvalue weighted by Crippen LogP contribution is 2.24. The number of amides is 1. The highest BCUT2D eigenvalue weighted by atomic mass is 32.2. The standard InChI is InChI=1S/C19H24N4OS/c1-2-13-23-18(15-9-5-3-6-10-15)21-22-19(23)25-14-17(24)20-16-11-7-4-8-12-16/h2-3,5-6,9-10,16H,1,4,7-8,11-14H2,(H,20,24). The number of carbonyl (C=O) groups is 1. The molecule has 6 heteroatoms. The molecule has 1 aromatic carbocycles. The topological polar surface area (TPSA) is 59.8 Å². The molecule has 0 spiro atoms. The fourth-order valence-electron chi connectivity index (χ4n) is 3.14. The molecule has 1 aliphatic rings. The molecule has 132 valence electrons. The van der Waals surface area contributed by atoms with Crippen LogP contribution in [0.2, 0.25) is 0 Å². The molecule has 1 saturated carbocycles. The molecule has 5 nitrogen and oxygen atoms in total. The van der Waals surface area contributed by atoms with Crippen molar-refractivity contribution in [3.63, 3.8) is 0 Å². The maximum atomic E-state index is 12.2. The Bertz CT molecular complexity index is 707. The normalized spacial score (nSPS) is 15.0. The van der Waals surface area contributed by atoms with E-state index in [1.807, 2.05) is 41.0 Å². The van der Waals surface area contributed by atoms with Crippen LogP contribution < -0.4 is 5.32 Å². The van der Waals surface area contributed by atoms with Gasteiger partial charge in [0.2, 0.25) is 5.91 Å². The number of rotatable bonds is 7. The number of nitrogens with zero attached hydrogens (tertiary/aromatic N) is 3. The van der Waals surface area contributed by atoms with E-state index in [0.29, 0.717) is 18.3 Å². The Hall–Kier alpha value is -2.08. The Morgan fingerprint density at radius 3 is 2.72 bits per heavy atom. The maximum absolute atomic E-state index is 12.2. The van der Waals surface area contributed by atoms with Crippen molar-refractivity contribution in [2.24, 2.45) is 0 Å². The van der Waals surface area contributed by atoms with Gasteiger partial charge < -0.3 is 5.32 Å². The first-order valence-electron chi connectivity index (χ1n) is 8.79. The van der Waals surface area contributed by atoms with Crippen LogP contribution in [-0.4, -0.2) is 32.5 Å². The Kier molecular flexibility index (Phi) is 6.28. The molecule has 1 amide bonds. The average Bonchev–Trinajstić information content (AvgIpc) is 3.05. The van der Waals surface area contributed by atoms with Crippen LogP contribution in [0.5, 0.6) is 0 Å². The minimum atomic E-state index is 0.0753. The highest BCUT2D eigenvalue weighted by molar-refractivity contribution is 7.99. The number of thioether (sulfide) groups is 1. The molecule has 0 saturated heterocycles. The number of aromatic nitrogens is 3. The van der Waals surface area contributed by atoms with E-state index in [1.165, 1.54) is 31.0 Å². The van der Waals surface area contributed by atoms with Crippen molar-refractivity contribution < 1.29 is 4.79 Å². The van der Waals surface area contributed by atoms with Gasteiger partial charge in [0.05, 0.1) is 5.75 Å². The van der Waals surface area contributed by atoms with Gasteiger partial charge >= 0.3 is 0 Å². The molecule has 1 fully saturated rings. The van der Waals surface area contributed by atoms with Gasteiger partial charge in [-0.1, -0.05) is 67.4 Å². The van der Waals surface area contributed by atoms with Gasteiger partial charge in [0.25, 0.3) is 0 Å². The molecule has 25 heavy (non-hydrogen) atoms. The van der Waals surface area contributed by atoms with Crippen LogP contribution in [0.1, 0.15) is 32.1 Å². The second kappa shape index (κ2) is 8.85. The Morgan fingerprint density at radius 2 is 2.00 bits per heavy atom. The molecule has 2 aromatic rings. The first kappa shape index (κ1) is 17.7. The first-order chi connectivity index (χ1) is 12.3. The number of carbonyl (C=O) groups excluding carboxylic acids is 1. The number of hydrogen-bond acceptors (Lipinski definition) is 4. The van der Waals surface area contributed by atoms with Gasteiger partial charge in [0.15, 0.2) is 11.0 Å². The van der Waals surface area contributed by atoms with Gasteiger partial charge in [-0.05, 0) is 12.8 Å². The monoisotopic (exact) mass is 356 g/mol. The Labute approximate surface area is 152 Å². The van der Waals surface area contributed by atoms with Gasteiger partial charge in [-0.3, -0.25) is 9.36 Å². The minimum Gasteiger partial charge on any atom is -0.353 e. The summed E-state index contributed by atoms with van der Waals surface area (Å²) in [5, 5.41) is 12.5. The van der Waals surface area contributed by atoms with Crippen molar-refractivity contribution in [1.29, 1.82) is 0 Å². The lowest BCUT2D eigenvalue weighted by Crippen LogP contribution is -2.37. The molecule has 0 atom stereocenters. The molecule has 1 heterocycles. The van der Waals surface area contributed by atoms with E-state index in [2.05, 4.69) is 22.1 Å². The van der Waals surface area contributed by atoms with Crippen molar-refractivity contribution in [2.75, 3.05) is 5.75 Å². The van der Waals surface area contributed by atoms with E-state index in [-0.39, 0.29) is 5.91 Å². The predicted octanol–water partition coefficient (Wildman–Crippen LogP) is 3.67. The van der Waals surface area contributed by atoms with Crippen LogP contribution in [0.25, 0.3) is 11.4 Å². The van der Waals surface area contributed by atoms with Crippen molar-refractivity contribution >= 4 is 17.7 Å². The zero-order valence-corrected chi connectivity index (χ0v) is 15.2. The molecule has 0 bridgehead atoms. The Balaban J connectivity index is 1.64. The third kappa shape index (κ3) is 4.72. The summed E-state index contributed by atoms with van der Waals surface area (Å²) < 4.78 is 2.00. The third-order valence-corrected chi connectivity index (χ3v) is 5.33. The van der Waals surface area contributed by atoms with Gasteiger partial charge in [-0.2, -0.15) is 0 Å². The second-order valence-electron chi connectivity index (χ2n) is 6.26. The van der Waals surface area contributed by atoms with Crippen LogP contribution in [-0.2, 0) is 11.3 Å². The number of nitrogens with one attached hydrogen (secondary N) is 1. The fraction of sp³-hybridized carbons (Fsp3) is 0.421. The molecule has 3 rings (SSSR count). The molecule has 1 aliphatic carbocycles. The molecule has 1 aromatic heterocycles. The SMILES string of the molecule is C=CCn1c(SCC(=O)NC2CCCCC2)nnc1-c1ccccc1. The maximum Gasteiger partial charge on any atom is 0.230 e. The molecular formula is C19H24N4OS. The lowest BCUT2D eigenvalue weighted by molar-refractivity contribution is -0.119. The van der Waals surface area contributed by atoms with Crippen LogP contribution in [0.3, 0.4) is 0 Å². The fourth-order valence-corrected chi connectivity index (χ4v) is 3.90. The van der Waals surface area contributed by atoms with Gasteiger partial charge in [-0.15, -0.1) is 16.8 Å². The van der Waals surface area contributed by atoms with Crippen LogP contribution in [0, 0.1) is 0 Å². The van der Waals surface area contributed by atoms with E-state index in [1.54, 1.807) is 0 Å². The quantitative estimate of drug-likeness (QED) is 0.607. The molecular weight excluding hydrogens is 332 g/mol. The lowest BCUT2D eigenvalue weighted by atomic mass is 9.95. The average molecular weight is 356 g/mol. The van der Waals surface area contributed by atoms with E-state index < -0.39 is 0 Å². The van der Waals surface area contributed by atoms with E-state index in [0.717, 1.165) is 29.4 Å². The summed E-state index contributed by atoms with van der Waals surface area (Å²) in [6.45, 7) is 4.43. The van der Waals surface area contributed by atoms with Crippen molar-refractivity contribution in [2.45, 2.75) is 49.8 Å². The molecule has 0 radical (unpaired) electrons. The number of hydrogen-bond donors (Lipinski definition) is 1. The van der Waals surface area contributed by atoms with Crippen molar-refractivity contribution in [3.05, 3.63) is 43.0 Å². The summed E-state index contributed by atoms with van der Waals surface area (Å²) in [5.41, 5.74) is 1.01. The summed E-state index contributed by atoms with van der Waals surface area (Å²) in [6, 6.07) is 10.3. The molecule has 1 N–H and O–H groups in total. The zero-order valence-electron chi connectivity index (χ0n) is 14.4. The lowest BCUT2D eigenvalue weighted by Gasteiger charge is -2.22. The highest BCUT2D eigenvalue weighted by Gasteiger charge is 2.18.